The lowest BCUT2D eigenvalue weighted by atomic mass is 10.0. The molecule has 1 saturated heterocycles. The van der Waals surface area contributed by atoms with Gasteiger partial charge in [0.2, 0.25) is 5.65 Å². The van der Waals surface area contributed by atoms with Gasteiger partial charge in [0.15, 0.2) is 0 Å². The average molecular weight is 348 g/mol. The Labute approximate surface area is 151 Å². The number of piperidine rings is 1. The van der Waals surface area contributed by atoms with Gasteiger partial charge in [0.25, 0.3) is 0 Å². The molecule has 0 amide bonds. The second-order valence-electron chi connectivity index (χ2n) is 6.39. The number of anilines is 2. The smallest absolute Gasteiger partial charge is 0.200 e. The maximum atomic E-state index is 9.28. The van der Waals surface area contributed by atoms with E-state index >= 15 is 0 Å². The third kappa shape index (κ3) is 3.04. The molecule has 3 aromatic heterocycles. The number of hydrogen-bond donors (Lipinski definition) is 1. The van der Waals surface area contributed by atoms with Crippen LogP contribution < -0.4 is 10.2 Å². The Morgan fingerprint density at radius 1 is 1.35 bits per heavy atom. The molecule has 1 fully saturated rings. The monoisotopic (exact) mass is 348 g/mol. The Bertz CT molecular complexity index is 949. The van der Waals surface area contributed by atoms with Crippen molar-refractivity contribution in [2.75, 3.05) is 23.3 Å². The first-order chi connectivity index (χ1) is 12.8. The molecule has 0 atom stereocenters. The van der Waals surface area contributed by atoms with Crippen molar-refractivity contribution in [1.29, 1.82) is 5.26 Å². The molecule has 132 valence electrons. The minimum atomic E-state index is 0.341. The summed E-state index contributed by atoms with van der Waals surface area (Å²) in [5.74, 6) is 0.783. The number of nitriles is 1. The van der Waals surface area contributed by atoms with E-state index in [1.807, 2.05) is 6.07 Å². The van der Waals surface area contributed by atoms with E-state index in [9.17, 15) is 5.26 Å². The van der Waals surface area contributed by atoms with Crippen LogP contribution in [0.15, 0.2) is 30.7 Å². The van der Waals surface area contributed by atoms with Gasteiger partial charge in [0.05, 0.1) is 16.9 Å². The lowest BCUT2D eigenvalue weighted by molar-refractivity contribution is 0.523. The zero-order valence-corrected chi connectivity index (χ0v) is 14.6. The number of nitrogens with one attached hydrogen (secondary N) is 1. The molecule has 8 nitrogen and oxygen atoms in total. The topological polar surface area (TPSA) is 95.0 Å². The third-order valence-corrected chi connectivity index (χ3v) is 4.74. The predicted molar refractivity (Wildman–Crippen MR) is 98.0 cm³/mol. The van der Waals surface area contributed by atoms with E-state index in [0.29, 0.717) is 11.6 Å². The average Bonchev–Trinajstić information content (AvgIpc) is 3.17. The quantitative estimate of drug-likeness (QED) is 0.771. The van der Waals surface area contributed by atoms with Gasteiger partial charge in [-0.2, -0.15) is 14.9 Å². The van der Waals surface area contributed by atoms with Crippen LogP contribution in [0, 0.1) is 11.3 Å². The van der Waals surface area contributed by atoms with Crippen LogP contribution in [-0.4, -0.2) is 43.9 Å². The Hall–Kier alpha value is -3.21. The first-order valence-electron chi connectivity index (χ1n) is 8.85. The molecule has 1 aliphatic heterocycles. The summed E-state index contributed by atoms with van der Waals surface area (Å²) in [6, 6.07) is 8.25. The molecule has 0 aliphatic carbocycles. The molecule has 0 saturated carbocycles. The van der Waals surface area contributed by atoms with Crippen LogP contribution >= 0.6 is 0 Å². The molecule has 26 heavy (non-hydrogen) atoms. The van der Waals surface area contributed by atoms with Crippen LogP contribution in [0.4, 0.5) is 11.5 Å². The van der Waals surface area contributed by atoms with Crippen molar-refractivity contribution in [3.05, 3.63) is 42.0 Å². The van der Waals surface area contributed by atoms with E-state index < -0.39 is 0 Å². The zero-order valence-electron chi connectivity index (χ0n) is 14.6. The van der Waals surface area contributed by atoms with Crippen LogP contribution in [0.1, 0.15) is 31.0 Å². The van der Waals surface area contributed by atoms with Crippen molar-refractivity contribution in [3.63, 3.8) is 0 Å². The standard InChI is InChI=1S/C18H20N8/c1-2-14-10-16(18-23-21-12-26(18)24-14)22-15-5-8-25(9-6-15)17-13(11-19)4-3-7-20-17/h3-4,7,10,12,15,22H,2,5-6,8-9H2,1H3. The fourth-order valence-electron chi connectivity index (χ4n) is 3.35. The zero-order chi connectivity index (χ0) is 17.9. The third-order valence-electron chi connectivity index (χ3n) is 4.74. The molecule has 0 aromatic carbocycles. The van der Waals surface area contributed by atoms with Crippen LogP contribution in [0.25, 0.3) is 5.65 Å². The highest BCUT2D eigenvalue weighted by Gasteiger charge is 2.22. The minimum absolute atomic E-state index is 0.341. The highest BCUT2D eigenvalue weighted by molar-refractivity contribution is 5.67. The van der Waals surface area contributed by atoms with E-state index in [1.54, 1.807) is 23.1 Å². The molecule has 4 heterocycles. The van der Waals surface area contributed by atoms with Crippen molar-refractivity contribution in [2.24, 2.45) is 0 Å². The van der Waals surface area contributed by atoms with Crippen molar-refractivity contribution in [3.8, 4) is 6.07 Å². The summed E-state index contributed by atoms with van der Waals surface area (Å²) in [5.41, 5.74) is 3.36. The second-order valence-corrected chi connectivity index (χ2v) is 6.39. The molecule has 0 bridgehead atoms. The number of pyridine rings is 1. The molecule has 3 aromatic rings. The maximum absolute atomic E-state index is 9.28. The number of aromatic nitrogens is 5. The molecule has 1 N–H and O–H groups in total. The largest absolute Gasteiger partial charge is 0.379 e. The Morgan fingerprint density at radius 3 is 2.96 bits per heavy atom. The summed E-state index contributed by atoms with van der Waals surface area (Å²) in [4.78, 5) is 6.58. The molecule has 4 rings (SSSR count). The molecular formula is C18H20N8. The highest BCUT2D eigenvalue weighted by atomic mass is 15.3. The van der Waals surface area contributed by atoms with Gasteiger partial charge in [-0.3, -0.25) is 0 Å². The van der Waals surface area contributed by atoms with Crippen molar-refractivity contribution in [1.82, 2.24) is 24.8 Å². The van der Waals surface area contributed by atoms with Crippen molar-refractivity contribution in [2.45, 2.75) is 32.2 Å². The first-order valence-corrected chi connectivity index (χ1v) is 8.85. The molecular weight excluding hydrogens is 328 g/mol. The predicted octanol–water partition coefficient (Wildman–Crippen LogP) is 2.03. The van der Waals surface area contributed by atoms with Gasteiger partial charge in [-0.25, -0.2) is 4.98 Å². The van der Waals surface area contributed by atoms with E-state index in [2.05, 4.69) is 49.6 Å². The van der Waals surface area contributed by atoms with Crippen molar-refractivity contribution >= 4 is 17.2 Å². The number of hydrogen-bond acceptors (Lipinski definition) is 7. The van der Waals surface area contributed by atoms with Gasteiger partial charge in [-0.1, -0.05) is 6.92 Å². The fraction of sp³-hybridized carbons (Fsp3) is 0.389. The van der Waals surface area contributed by atoms with Gasteiger partial charge in [0.1, 0.15) is 18.2 Å². The van der Waals surface area contributed by atoms with Crippen LogP contribution in [0.3, 0.4) is 0 Å². The number of rotatable bonds is 4. The Kier molecular flexibility index (Phi) is 4.35. The summed E-state index contributed by atoms with van der Waals surface area (Å²) < 4.78 is 1.73. The van der Waals surface area contributed by atoms with Crippen molar-refractivity contribution < 1.29 is 0 Å². The van der Waals surface area contributed by atoms with E-state index in [1.165, 1.54) is 0 Å². The Balaban J connectivity index is 1.48. The van der Waals surface area contributed by atoms with Gasteiger partial charge >= 0.3 is 0 Å². The SMILES string of the molecule is CCc1cc(NC2CCN(c3ncccc3C#N)CC2)c2nncn2n1. The van der Waals surface area contributed by atoms with Gasteiger partial charge in [-0.15, -0.1) is 10.2 Å². The summed E-state index contributed by atoms with van der Waals surface area (Å²) in [6.07, 6.45) is 6.16. The molecule has 8 heteroatoms. The highest BCUT2D eigenvalue weighted by Crippen LogP contribution is 2.24. The summed E-state index contributed by atoms with van der Waals surface area (Å²) in [7, 11) is 0. The van der Waals surface area contributed by atoms with E-state index in [4.69, 9.17) is 0 Å². The number of nitrogens with zero attached hydrogens (tertiary/aromatic N) is 7. The van der Waals surface area contributed by atoms with E-state index in [-0.39, 0.29) is 0 Å². The second kappa shape index (κ2) is 6.96. The number of fused-ring (bicyclic) bond motifs is 1. The summed E-state index contributed by atoms with van der Waals surface area (Å²) in [5, 5.41) is 25.5. The van der Waals surface area contributed by atoms with Crippen LogP contribution in [-0.2, 0) is 6.42 Å². The summed E-state index contributed by atoms with van der Waals surface area (Å²) >= 11 is 0. The lowest BCUT2D eigenvalue weighted by Gasteiger charge is -2.34. The molecule has 0 spiro atoms. The molecule has 0 radical (unpaired) electrons. The fourth-order valence-corrected chi connectivity index (χ4v) is 3.35. The lowest BCUT2D eigenvalue weighted by Crippen LogP contribution is -2.40. The Morgan fingerprint density at radius 2 is 2.19 bits per heavy atom. The van der Waals surface area contributed by atoms with Gasteiger partial charge < -0.3 is 10.2 Å². The van der Waals surface area contributed by atoms with Crippen LogP contribution in [0.5, 0.6) is 0 Å². The van der Waals surface area contributed by atoms with E-state index in [0.717, 1.165) is 55.2 Å². The normalized spacial score (nSPS) is 15.2. The minimum Gasteiger partial charge on any atom is -0.379 e. The first kappa shape index (κ1) is 16.3. The number of aryl methyl sites for hydroxylation is 1. The van der Waals surface area contributed by atoms with Gasteiger partial charge in [-0.05, 0) is 37.5 Å². The molecule has 1 aliphatic rings. The van der Waals surface area contributed by atoms with Crippen LogP contribution in [0.2, 0.25) is 0 Å². The summed E-state index contributed by atoms with van der Waals surface area (Å²) in [6.45, 7) is 3.80. The maximum Gasteiger partial charge on any atom is 0.200 e. The molecule has 0 unspecified atom stereocenters. The van der Waals surface area contributed by atoms with Gasteiger partial charge in [0, 0.05) is 25.3 Å².